The van der Waals surface area contributed by atoms with Gasteiger partial charge in [-0.3, -0.25) is 4.68 Å². The fourth-order valence-electron chi connectivity index (χ4n) is 2.72. The van der Waals surface area contributed by atoms with Crippen LogP contribution in [0.4, 0.5) is 0 Å². The summed E-state index contributed by atoms with van der Waals surface area (Å²) in [7, 11) is 1.75. The number of hydrogen-bond donors (Lipinski definition) is 1. The third kappa shape index (κ3) is 2.02. The van der Waals surface area contributed by atoms with Crippen molar-refractivity contribution in [3.63, 3.8) is 0 Å². The highest BCUT2D eigenvalue weighted by atomic mass is 35.5. The van der Waals surface area contributed by atoms with E-state index in [4.69, 9.17) is 16.7 Å². The number of fused-ring (bicyclic) bond motifs is 1. The number of aryl methyl sites for hydroxylation is 2. The quantitative estimate of drug-likeness (QED) is 0.917. The second kappa shape index (κ2) is 4.38. The van der Waals surface area contributed by atoms with Crippen LogP contribution in [-0.2, 0) is 19.9 Å². The minimum Gasteiger partial charge on any atom is -0.476 e. The van der Waals surface area contributed by atoms with Gasteiger partial charge in [0.25, 0.3) is 0 Å². The van der Waals surface area contributed by atoms with Crippen molar-refractivity contribution in [2.24, 2.45) is 7.05 Å². The molecule has 1 aromatic heterocycles. The number of carboxylic acid groups (broad SMARTS) is 1. The highest BCUT2D eigenvalue weighted by Crippen LogP contribution is 2.35. The molecular weight excluding hydrogens is 264 g/mol. The summed E-state index contributed by atoms with van der Waals surface area (Å²) in [6.07, 6.45) is 3.16. The number of rotatable bonds is 2. The summed E-state index contributed by atoms with van der Waals surface area (Å²) in [5.41, 5.74) is 4.40. The van der Waals surface area contributed by atoms with Crippen LogP contribution < -0.4 is 0 Å². The smallest absolute Gasteiger partial charge is 0.356 e. The van der Waals surface area contributed by atoms with Crippen LogP contribution in [0, 0.1) is 0 Å². The number of benzene rings is 1. The molecule has 3 rings (SSSR count). The topological polar surface area (TPSA) is 55.1 Å². The lowest BCUT2D eigenvalue weighted by atomic mass is 10.0. The summed E-state index contributed by atoms with van der Waals surface area (Å²) < 4.78 is 1.60. The van der Waals surface area contributed by atoms with E-state index in [9.17, 15) is 4.79 Å². The van der Waals surface area contributed by atoms with Crippen molar-refractivity contribution in [1.29, 1.82) is 0 Å². The number of carboxylic acids is 1. The molecule has 0 saturated carbocycles. The third-order valence-electron chi connectivity index (χ3n) is 3.55. The Morgan fingerprint density at radius 3 is 2.84 bits per heavy atom. The molecule has 98 valence electrons. The Hall–Kier alpha value is -1.81. The predicted octanol–water partition coefficient (Wildman–Crippen LogP) is 2.93. The van der Waals surface area contributed by atoms with Gasteiger partial charge in [-0.25, -0.2) is 4.79 Å². The Kier molecular flexibility index (Phi) is 2.82. The summed E-state index contributed by atoms with van der Waals surface area (Å²) in [5, 5.41) is 13.7. The van der Waals surface area contributed by atoms with E-state index in [2.05, 4.69) is 5.10 Å². The van der Waals surface area contributed by atoms with Crippen molar-refractivity contribution >= 4 is 17.6 Å². The lowest BCUT2D eigenvalue weighted by Crippen LogP contribution is -2.00. The molecule has 5 heteroatoms. The fraction of sp³-hybridized carbons (Fsp3) is 0.286. The lowest BCUT2D eigenvalue weighted by molar-refractivity contribution is 0.0689. The van der Waals surface area contributed by atoms with Crippen LogP contribution in [0.15, 0.2) is 18.2 Å². The molecule has 0 fully saturated rings. The molecule has 4 nitrogen and oxygen atoms in total. The zero-order chi connectivity index (χ0) is 13.6. The molecule has 0 unspecified atom stereocenters. The van der Waals surface area contributed by atoms with Gasteiger partial charge in [-0.15, -0.1) is 0 Å². The van der Waals surface area contributed by atoms with Gasteiger partial charge in [0, 0.05) is 17.6 Å². The molecular formula is C14H13ClN2O2. The van der Waals surface area contributed by atoms with Crippen molar-refractivity contribution in [3.8, 4) is 11.3 Å². The van der Waals surface area contributed by atoms with Gasteiger partial charge in [-0.1, -0.05) is 11.6 Å². The number of nitrogens with zero attached hydrogens (tertiary/aromatic N) is 2. The van der Waals surface area contributed by atoms with E-state index in [1.165, 1.54) is 11.1 Å². The van der Waals surface area contributed by atoms with E-state index in [0.717, 1.165) is 30.5 Å². The molecule has 19 heavy (non-hydrogen) atoms. The van der Waals surface area contributed by atoms with E-state index >= 15 is 0 Å². The van der Waals surface area contributed by atoms with E-state index in [1.807, 2.05) is 12.1 Å². The highest BCUT2D eigenvalue weighted by Gasteiger charge is 2.20. The van der Waals surface area contributed by atoms with Crippen LogP contribution in [-0.4, -0.2) is 20.9 Å². The maximum absolute atomic E-state index is 11.0. The molecule has 0 atom stereocenters. The molecule has 0 aliphatic heterocycles. The lowest BCUT2D eigenvalue weighted by Gasteiger charge is -2.09. The first-order chi connectivity index (χ1) is 9.06. The molecule has 1 heterocycles. The van der Waals surface area contributed by atoms with Gasteiger partial charge in [0.1, 0.15) is 0 Å². The number of carbonyl (C=O) groups is 1. The van der Waals surface area contributed by atoms with Gasteiger partial charge in [0.15, 0.2) is 5.69 Å². The monoisotopic (exact) mass is 276 g/mol. The Bertz CT molecular complexity index is 676. The molecule has 0 bridgehead atoms. The van der Waals surface area contributed by atoms with Crippen molar-refractivity contribution in [2.75, 3.05) is 0 Å². The summed E-state index contributed by atoms with van der Waals surface area (Å²) in [4.78, 5) is 11.0. The summed E-state index contributed by atoms with van der Waals surface area (Å²) in [5.74, 6) is -1.01. The Labute approximate surface area is 115 Å². The van der Waals surface area contributed by atoms with E-state index in [-0.39, 0.29) is 5.69 Å². The van der Waals surface area contributed by atoms with Gasteiger partial charge in [0.05, 0.1) is 5.69 Å². The fourth-order valence-corrected chi connectivity index (χ4v) is 2.96. The maximum Gasteiger partial charge on any atom is 0.356 e. The molecule has 1 aliphatic rings. The second-order valence-electron chi connectivity index (χ2n) is 4.79. The van der Waals surface area contributed by atoms with E-state index in [0.29, 0.717) is 5.02 Å². The van der Waals surface area contributed by atoms with Crippen LogP contribution in [0.25, 0.3) is 11.3 Å². The predicted molar refractivity (Wildman–Crippen MR) is 72.6 cm³/mol. The minimum absolute atomic E-state index is 0.0595. The number of aromatic carboxylic acids is 1. The van der Waals surface area contributed by atoms with Crippen LogP contribution in [0.5, 0.6) is 0 Å². The van der Waals surface area contributed by atoms with Crippen molar-refractivity contribution in [3.05, 3.63) is 40.0 Å². The highest BCUT2D eigenvalue weighted by molar-refractivity contribution is 6.31. The second-order valence-corrected chi connectivity index (χ2v) is 5.22. The maximum atomic E-state index is 11.0. The molecule has 0 spiro atoms. The first kappa shape index (κ1) is 12.2. The summed E-state index contributed by atoms with van der Waals surface area (Å²) in [6.45, 7) is 0. The molecule has 0 radical (unpaired) electrons. The normalized spacial score (nSPS) is 13.6. The van der Waals surface area contributed by atoms with Crippen molar-refractivity contribution in [2.45, 2.75) is 19.3 Å². The van der Waals surface area contributed by atoms with Crippen LogP contribution in [0.1, 0.15) is 28.0 Å². The van der Waals surface area contributed by atoms with Crippen LogP contribution >= 0.6 is 11.6 Å². The van der Waals surface area contributed by atoms with Gasteiger partial charge >= 0.3 is 5.97 Å². The van der Waals surface area contributed by atoms with Gasteiger partial charge in [-0.2, -0.15) is 5.10 Å². The van der Waals surface area contributed by atoms with Gasteiger partial charge < -0.3 is 5.11 Å². The standard InChI is InChI=1S/C14H13ClN2O2/c1-17-13(7-12(16-17)14(18)19)11-6-9(15)5-8-3-2-4-10(8)11/h5-7H,2-4H2,1H3,(H,18,19). The Morgan fingerprint density at radius 2 is 2.16 bits per heavy atom. The zero-order valence-electron chi connectivity index (χ0n) is 10.5. The molecule has 1 aromatic carbocycles. The molecule has 1 N–H and O–H groups in total. The first-order valence-electron chi connectivity index (χ1n) is 6.15. The van der Waals surface area contributed by atoms with Gasteiger partial charge in [-0.05, 0) is 48.6 Å². The number of halogens is 1. The molecule has 0 amide bonds. The van der Waals surface area contributed by atoms with Crippen LogP contribution in [0.3, 0.4) is 0 Å². The number of aromatic nitrogens is 2. The molecule has 2 aromatic rings. The average molecular weight is 277 g/mol. The van der Waals surface area contributed by atoms with Crippen molar-refractivity contribution < 1.29 is 9.90 Å². The number of hydrogen-bond acceptors (Lipinski definition) is 2. The zero-order valence-corrected chi connectivity index (χ0v) is 11.2. The summed E-state index contributed by atoms with van der Waals surface area (Å²) >= 11 is 6.15. The first-order valence-corrected chi connectivity index (χ1v) is 6.53. The minimum atomic E-state index is -1.01. The Balaban J connectivity index is 2.20. The largest absolute Gasteiger partial charge is 0.476 e. The van der Waals surface area contributed by atoms with Crippen molar-refractivity contribution in [1.82, 2.24) is 9.78 Å². The summed E-state index contributed by atoms with van der Waals surface area (Å²) in [6, 6.07) is 5.50. The Morgan fingerprint density at radius 1 is 1.37 bits per heavy atom. The molecule has 1 aliphatic carbocycles. The average Bonchev–Trinajstić information content (AvgIpc) is 2.94. The van der Waals surface area contributed by atoms with Crippen LogP contribution in [0.2, 0.25) is 5.02 Å². The van der Waals surface area contributed by atoms with E-state index in [1.54, 1.807) is 17.8 Å². The molecule has 0 saturated heterocycles. The SMILES string of the molecule is Cn1nc(C(=O)O)cc1-c1cc(Cl)cc2c1CCC2. The van der Waals surface area contributed by atoms with Gasteiger partial charge in [0.2, 0.25) is 0 Å². The third-order valence-corrected chi connectivity index (χ3v) is 3.77. The van der Waals surface area contributed by atoms with E-state index < -0.39 is 5.97 Å².